The van der Waals surface area contributed by atoms with Crippen molar-refractivity contribution in [1.82, 2.24) is 9.97 Å². The fraction of sp³-hybridized carbons (Fsp3) is 0.286. The van der Waals surface area contributed by atoms with Crippen molar-refractivity contribution in [3.8, 4) is 10.4 Å². The van der Waals surface area contributed by atoms with Gasteiger partial charge in [-0.25, -0.2) is 4.98 Å². The Morgan fingerprint density at radius 2 is 2.30 bits per heavy atom. The zero-order chi connectivity index (χ0) is 14.1. The van der Waals surface area contributed by atoms with Gasteiger partial charge in [0.2, 0.25) is 0 Å². The number of aryl methyl sites for hydroxylation is 1. The molecule has 0 atom stereocenters. The lowest BCUT2D eigenvalue weighted by molar-refractivity contribution is 0.200. The maximum absolute atomic E-state index is 12.4. The molecule has 4 nitrogen and oxygen atoms in total. The van der Waals surface area contributed by atoms with E-state index in [0.29, 0.717) is 24.2 Å². The van der Waals surface area contributed by atoms with Gasteiger partial charge < -0.3 is 9.72 Å². The zero-order valence-corrected chi connectivity index (χ0v) is 12.9. The summed E-state index contributed by atoms with van der Waals surface area (Å²) in [4.78, 5) is 22.8. The molecule has 0 saturated heterocycles. The smallest absolute Gasteiger partial charge is 0.260 e. The standard InChI is InChI=1S/C14H14N2O2S2/c1-8-11(9-4-3-7-19-9)12-13(17)15-10(5-6-18-2)16-14(12)20-8/h3-4,7H,5-6H2,1-2H3,(H,15,16,17). The second-order valence-electron chi connectivity index (χ2n) is 4.45. The van der Waals surface area contributed by atoms with Crippen LogP contribution in [0.5, 0.6) is 0 Å². The van der Waals surface area contributed by atoms with E-state index in [1.807, 2.05) is 24.4 Å². The number of ether oxygens (including phenoxy) is 1. The van der Waals surface area contributed by atoms with Crippen molar-refractivity contribution in [3.05, 3.63) is 38.6 Å². The van der Waals surface area contributed by atoms with Crippen LogP contribution in [0.15, 0.2) is 22.3 Å². The third-order valence-electron chi connectivity index (χ3n) is 3.10. The first-order chi connectivity index (χ1) is 9.70. The van der Waals surface area contributed by atoms with Gasteiger partial charge in [0.1, 0.15) is 10.7 Å². The molecule has 3 heterocycles. The van der Waals surface area contributed by atoms with Crippen LogP contribution in [0.1, 0.15) is 10.7 Å². The summed E-state index contributed by atoms with van der Waals surface area (Å²) in [5.74, 6) is 0.684. The summed E-state index contributed by atoms with van der Waals surface area (Å²) < 4.78 is 5.03. The minimum Gasteiger partial charge on any atom is -0.384 e. The summed E-state index contributed by atoms with van der Waals surface area (Å²) in [5, 5.41) is 2.73. The van der Waals surface area contributed by atoms with Crippen LogP contribution in [0.25, 0.3) is 20.7 Å². The lowest BCUT2D eigenvalue weighted by Gasteiger charge is -2.01. The fourth-order valence-electron chi connectivity index (χ4n) is 2.20. The van der Waals surface area contributed by atoms with Gasteiger partial charge in [0.05, 0.1) is 12.0 Å². The first-order valence-electron chi connectivity index (χ1n) is 6.26. The van der Waals surface area contributed by atoms with Gasteiger partial charge in [-0.2, -0.15) is 0 Å². The Labute approximate surface area is 124 Å². The van der Waals surface area contributed by atoms with E-state index in [0.717, 1.165) is 20.1 Å². The Morgan fingerprint density at radius 3 is 3.00 bits per heavy atom. The van der Waals surface area contributed by atoms with Crippen molar-refractivity contribution in [3.63, 3.8) is 0 Å². The Bertz CT molecular complexity index is 787. The Kier molecular flexibility index (Phi) is 3.69. The van der Waals surface area contributed by atoms with Crippen LogP contribution < -0.4 is 5.56 Å². The Hall–Kier alpha value is -1.50. The van der Waals surface area contributed by atoms with Gasteiger partial charge in [-0.05, 0) is 18.4 Å². The lowest BCUT2D eigenvalue weighted by Crippen LogP contribution is -2.12. The molecule has 104 valence electrons. The van der Waals surface area contributed by atoms with Gasteiger partial charge in [-0.15, -0.1) is 22.7 Å². The molecule has 0 amide bonds. The molecule has 3 aromatic heterocycles. The molecule has 0 aliphatic carbocycles. The maximum Gasteiger partial charge on any atom is 0.260 e. The van der Waals surface area contributed by atoms with E-state index < -0.39 is 0 Å². The number of methoxy groups -OCH3 is 1. The number of thiophene rings is 2. The molecule has 3 rings (SSSR count). The highest BCUT2D eigenvalue weighted by atomic mass is 32.1. The number of rotatable bonds is 4. The van der Waals surface area contributed by atoms with Crippen LogP contribution in [0.2, 0.25) is 0 Å². The molecule has 0 aromatic carbocycles. The molecular weight excluding hydrogens is 292 g/mol. The number of nitrogens with one attached hydrogen (secondary N) is 1. The predicted octanol–water partition coefficient (Wildman–Crippen LogP) is 3.21. The number of aromatic amines is 1. The van der Waals surface area contributed by atoms with Gasteiger partial charge >= 0.3 is 0 Å². The van der Waals surface area contributed by atoms with Gasteiger partial charge in [-0.3, -0.25) is 4.79 Å². The van der Waals surface area contributed by atoms with Crippen molar-refractivity contribution >= 4 is 32.9 Å². The summed E-state index contributed by atoms with van der Waals surface area (Å²) in [7, 11) is 1.64. The second kappa shape index (κ2) is 5.47. The summed E-state index contributed by atoms with van der Waals surface area (Å²) in [6.07, 6.45) is 0.618. The average molecular weight is 306 g/mol. The molecule has 3 aromatic rings. The quantitative estimate of drug-likeness (QED) is 0.805. The third-order valence-corrected chi connectivity index (χ3v) is 4.98. The van der Waals surface area contributed by atoms with Gasteiger partial charge in [0.25, 0.3) is 5.56 Å². The number of hydrogen-bond donors (Lipinski definition) is 1. The second-order valence-corrected chi connectivity index (χ2v) is 6.60. The first-order valence-corrected chi connectivity index (χ1v) is 7.95. The van der Waals surface area contributed by atoms with Crippen LogP contribution in [0, 0.1) is 6.92 Å². The van der Waals surface area contributed by atoms with E-state index in [4.69, 9.17) is 4.74 Å². The minimum absolute atomic E-state index is 0.0612. The van der Waals surface area contributed by atoms with Gasteiger partial charge in [0, 0.05) is 28.8 Å². The Balaban J connectivity index is 2.19. The summed E-state index contributed by atoms with van der Waals surface area (Å²) in [6.45, 7) is 2.59. The molecule has 0 bridgehead atoms. The summed E-state index contributed by atoms with van der Waals surface area (Å²) >= 11 is 3.22. The zero-order valence-electron chi connectivity index (χ0n) is 11.2. The van der Waals surface area contributed by atoms with E-state index in [-0.39, 0.29) is 5.56 Å². The van der Waals surface area contributed by atoms with Crippen molar-refractivity contribution < 1.29 is 4.74 Å². The number of fused-ring (bicyclic) bond motifs is 1. The lowest BCUT2D eigenvalue weighted by atomic mass is 10.1. The molecule has 0 saturated carbocycles. The normalized spacial score (nSPS) is 11.3. The minimum atomic E-state index is -0.0612. The number of aromatic nitrogens is 2. The average Bonchev–Trinajstić information content (AvgIpc) is 3.02. The SMILES string of the molecule is COCCc1nc2sc(C)c(-c3cccs3)c2c(=O)[nH]1. The largest absolute Gasteiger partial charge is 0.384 e. The maximum atomic E-state index is 12.4. The molecule has 0 aliphatic rings. The number of H-pyrrole nitrogens is 1. The van der Waals surface area contributed by atoms with Crippen molar-refractivity contribution in [1.29, 1.82) is 0 Å². The van der Waals surface area contributed by atoms with Crippen LogP contribution in [-0.2, 0) is 11.2 Å². The molecular formula is C14H14N2O2S2. The fourth-order valence-corrected chi connectivity index (χ4v) is 4.15. The molecule has 20 heavy (non-hydrogen) atoms. The van der Waals surface area contributed by atoms with Gasteiger partial charge in [0.15, 0.2) is 0 Å². The van der Waals surface area contributed by atoms with Crippen LogP contribution in [0.4, 0.5) is 0 Å². The van der Waals surface area contributed by atoms with E-state index in [1.165, 1.54) is 0 Å². The van der Waals surface area contributed by atoms with E-state index in [2.05, 4.69) is 9.97 Å². The Morgan fingerprint density at radius 1 is 1.45 bits per heavy atom. The van der Waals surface area contributed by atoms with E-state index in [9.17, 15) is 4.79 Å². The van der Waals surface area contributed by atoms with Gasteiger partial charge in [-0.1, -0.05) is 6.07 Å². The number of nitrogens with zero attached hydrogens (tertiary/aromatic N) is 1. The highest BCUT2D eigenvalue weighted by Crippen LogP contribution is 2.37. The monoisotopic (exact) mass is 306 g/mol. The first kappa shape index (κ1) is 13.5. The predicted molar refractivity (Wildman–Crippen MR) is 83.9 cm³/mol. The van der Waals surface area contributed by atoms with Crippen molar-refractivity contribution in [2.24, 2.45) is 0 Å². The van der Waals surface area contributed by atoms with Crippen LogP contribution in [-0.4, -0.2) is 23.7 Å². The van der Waals surface area contributed by atoms with E-state index >= 15 is 0 Å². The van der Waals surface area contributed by atoms with Crippen molar-refractivity contribution in [2.45, 2.75) is 13.3 Å². The summed E-state index contributed by atoms with van der Waals surface area (Å²) in [6, 6.07) is 4.04. The molecule has 0 spiro atoms. The molecule has 0 fully saturated rings. The molecule has 6 heteroatoms. The summed E-state index contributed by atoms with van der Waals surface area (Å²) in [5.41, 5.74) is 0.959. The molecule has 0 unspecified atom stereocenters. The van der Waals surface area contributed by atoms with Crippen LogP contribution in [0.3, 0.4) is 0 Å². The van der Waals surface area contributed by atoms with Crippen molar-refractivity contribution in [2.75, 3.05) is 13.7 Å². The topological polar surface area (TPSA) is 55.0 Å². The highest BCUT2D eigenvalue weighted by molar-refractivity contribution is 7.20. The third kappa shape index (κ3) is 2.30. The molecule has 0 aliphatic heterocycles. The number of hydrogen-bond acceptors (Lipinski definition) is 5. The highest BCUT2D eigenvalue weighted by Gasteiger charge is 2.17. The van der Waals surface area contributed by atoms with E-state index in [1.54, 1.807) is 29.8 Å². The molecule has 0 radical (unpaired) electrons. The van der Waals surface area contributed by atoms with Crippen LogP contribution >= 0.6 is 22.7 Å². The molecule has 1 N–H and O–H groups in total.